The highest BCUT2D eigenvalue weighted by Crippen LogP contribution is 2.38. The lowest BCUT2D eigenvalue weighted by molar-refractivity contribution is -0.127. The van der Waals surface area contributed by atoms with E-state index in [0.29, 0.717) is 62.1 Å². The first-order valence-electron chi connectivity index (χ1n) is 12.2. The van der Waals surface area contributed by atoms with Gasteiger partial charge >= 0.3 is 0 Å². The predicted octanol–water partition coefficient (Wildman–Crippen LogP) is 2.84. The van der Waals surface area contributed by atoms with Gasteiger partial charge in [-0.25, -0.2) is 4.99 Å². The summed E-state index contributed by atoms with van der Waals surface area (Å²) in [4.78, 5) is 34.6. The Morgan fingerprint density at radius 2 is 1.79 bits per heavy atom. The second-order valence-corrected chi connectivity index (χ2v) is 9.61. The van der Waals surface area contributed by atoms with Crippen molar-refractivity contribution in [2.24, 2.45) is 4.99 Å². The van der Waals surface area contributed by atoms with E-state index in [-0.39, 0.29) is 17.2 Å². The number of nitrogens with zero attached hydrogens (tertiary/aromatic N) is 3. The zero-order valence-corrected chi connectivity index (χ0v) is 23.1. The summed E-state index contributed by atoms with van der Waals surface area (Å²) in [5, 5.41) is 9.96. The highest BCUT2D eigenvalue weighted by atomic mass is 32.1. The van der Waals surface area contributed by atoms with Crippen LogP contribution in [0.2, 0.25) is 0 Å². The van der Waals surface area contributed by atoms with Gasteiger partial charge in [-0.1, -0.05) is 17.4 Å². The summed E-state index contributed by atoms with van der Waals surface area (Å²) in [6, 6.07) is 9.40. The molecule has 0 fully saturated rings. The van der Waals surface area contributed by atoms with E-state index in [1.54, 1.807) is 67.0 Å². The van der Waals surface area contributed by atoms with Crippen LogP contribution in [0.25, 0.3) is 6.08 Å². The van der Waals surface area contributed by atoms with Gasteiger partial charge in [0.05, 0.1) is 37.1 Å². The third-order valence-electron chi connectivity index (χ3n) is 6.54. The Hall–Kier alpha value is -4.05. The first-order chi connectivity index (χ1) is 18.3. The van der Waals surface area contributed by atoms with Crippen molar-refractivity contribution in [1.29, 1.82) is 0 Å². The van der Waals surface area contributed by atoms with Gasteiger partial charge in [-0.2, -0.15) is 0 Å². The van der Waals surface area contributed by atoms with E-state index in [4.69, 9.17) is 19.2 Å². The number of carbonyl (C=O) groups excluding carboxylic acids is 1. The predicted molar refractivity (Wildman–Crippen MR) is 146 cm³/mol. The first-order valence-corrected chi connectivity index (χ1v) is 13.0. The van der Waals surface area contributed by atoms with Gasteiger partial charge in [0.25, 0.3) is 11.5 Å². The van der Waals surface area contributed by atoms with E-state index in [1.165, 1.54) is 24.5 Å². The summed E-state index contributed by atoms with van der Waals surface area (Å²) >= 11 is 1.23. The van der Waals surface area contributed by atoms with Gasteiger partial charge in [0, 0.05) is 18.7 Å². The molecule has 38 heavy (non-hydrogen) atoms. The van der Waals surface area contributed by atoms with Crippen molar-refractivity contribution in [1.82, 2.24) is 9.47 Å². The molecular formula is C28H31N3O6S. The lowest BCUT2D eigenvalue weighted by Crippen LogP contribution is -2.43. The van der Waals surface area contributed by atoms with Crippen LogP contribution in [0.4, 0.5) is 0 Å². The molecule has 0 aliphatic carbocycles. The van der Waals surface area contributed by atoms with Gasteiger partial charge in [-0.05, 0) is 62.7 Å². The maximum absolute atomic E-state index is 13.9. The summed E-state index contributed by atoms with van der Waals surface area (Å²) in [5.74, 6) is 1.21. The number of allylic oxidation sites excluding steroid dienone is 1. The van der Waals surface area contributed by atoms with Crippen molar-refractivity contribution >= 4 is 23.3 Å². The molecule has 0 saturated carbocycles. The molecule has 1 aliphatic rings. The number of phenolic OH excluding ortho intramolecular Hbond substituents is 1. The molecule has 200 valence electrons. The molecule has 3 aromatic rings. The van der Waals surface area contributed by atoms with E-state index < -0.39 is 6.04 Å². The molecule has 2 aromatic carbocycles. The maximum atomic E-state index is 13.9. The minimum Gasteiger partial charge on any atom is -0.504 e. The van der Waals surface area contributed by atoms with E-state index in [9.17, 15) is 14.7 Å². The quantitative estimate of drug-likeness (QED) is 0.474. The van der Waals surface area contributed by atoms with Crippen LogP contribution in [0.3, 0.4) is 0 Å². The smallest absolute Gasteiger partial charge is 0.271 e. The second-order valence-electron chi connectivity index (χ2n) is 8.60. The van der Waals surface area contributed by atoms with Crippen LogP contribution in [-0.2, 0) is 4.79 Å². The lowest BCUT2D eigenvalue weighted by atomic mass is 9.93. The van der Waals surface area contributed by atoms with Crippen molar-refractivity contribution in [2.75, 3.05) is 34.4 Å². The third kappa shape index (κ3) is 4.79. The van der Waals surface area contributed by atoms with Crippen molar-refractivity contribution in [3.8, 4) is 23.0 Å². The molecule has 1 amide bonds. The molecule has 2 heterocycles. The lowest BCUT2D eigenvalue weighted by Gasteiger charge is -2.30. The van der Waals surface area contributed by atoms with Crippen LogP contribution in [0.15, 0.2) is 57.5 Å². The molecule has 0 unspecified atom stereocenters. The molecule has 1 N–H and O–H groups in total. The Balaban J connectivity index is 2.02. The first kappa shape index (κ1) is 27.0. The molecule has 4 rings (SSSR count). The Labute approximate surface area is 224 Å². The topological polar surface area (TPSA) is 103 Å². The minimum atomic E-state index is -0.777. The van der Waals surface area contributed by atoms with E-state index in [0.717, 1.165) is 0 Å². The van der Waals surface area contributed by atoms with Crippen LogP contribution in [0.5, 0.6) is 23.0 Å². The number of ether oxygens (including phenoxy) is 3. The van der Waals surface area contributed by atoms with Gasteiger partial charge in [0.1, 0.15) is 17.5 Å². The molecule has 1 aromatic heterocycles. The van der Waals surface area contributed by atoms with Gasteiger partial charge in [-0.3, -0.25) is 14.2 Å². The number of rotatable bonds is 8. The summed E-state index contributed by atoms with van der Waals surface area (Å²) in [6.07, 6.45) is 1.72. The molecule has 0 saturated heterocycles. The van der Waals surface area contributed by atoms with Crippen molar-refractivity contribution in [3.63, 3.8) is 0 Å². The number of aromatic hydroxyl groups is 1. The number of phenols is 1. The Morgan fingerprint density at radius 3 is 2.42 bits per heavy atom. The van der Waals surface area contributed by atoms with E-state index in [1.807, 2.05) is 13.8 Å². The van der Waals surface area contributed by atoms with Crippen molar-refractivity contribution in [2.45, 2.75) is 26.8 Å². The van der Waals surface area contributed by atoms with Crippen molar-refractivity contribution < 1.29 is 24.1 Å². The van der Waals surface area contributed by atoms with Crippen LogP contribution >= 0.6 is 11.3 Å². The Morgan fingerprint density at radius 1 is 1.08 bits per heavy atom. The van der Waals surface area contributed by atoms with Gasteiger partial charge in [0.15, 0.2) is 16.3 Å². The largest absolute Gasteiger partial charge is 0.504 e. The zero-order chi connectivity index (χ0) is 27.6. The standard InChI is InChI=1S/C28H31N3O6S/c1-7-30(8-2)27(34)24-16(3)29-28-31(25(24)19-15-18(35-4)10-12-21(19)36-5)26(33)23(38-28)14-17-9-11-20(32)22(13-17)37-6/h9-15,25,32H,7-8H2,1-6H3/b23-14+/t25-/m1/s1. The number of benzene rings is 2. The molecule has 1 atom stereocenters. The number of amides is 1. The number of fused-ring (bicyclic) bond motifs is 1. The summed E-state index contributed by atoms with van der Waals surface area (Å²) in [6.45, 7) is 6.65. The minimum absolute atomic E-state index is 0.00594. The monoisotopic (exact) mass is 537 g/mol. The summed E-state index contributed by atoms with van der Waals surface area (Å²) in [5.41, 5.74) is 1.94. The fraction of sp³-hybridized carbons (Fsp3) is 0.321. The zero-order valence-electron chi connectivity index (χ0n) is 22.3. The van der Waals surface area contributed by atoms with Crippen LogP contribution in [-0.4, -0.2) is 54.9 Å². The highest BCUT2D eigenvalue weighted by molar-refractivity contribution is 7.07. The van der Waals surface area contributed by atoms with Crippen LogP contribution in [0, 0.1) is 0 Å². The molecule has 0 radical (unpaired) electrons. The number of aromatic nitrogens is 1. The average molecular weight is 538 g/mol. The van der Waals surface area contributed by atoms with Crippen LogP contribution in [0.1, 0.15) is 37.9 Å². The Bertz CT molecular complexity index is 1580. The number of hydrogen-bond donors (Lipinski definition) is 1. The summed E-state index contributed by atoms with van der Waals surface area (Å²) < 4.78 is 18.3. The molecule has 10 heteroatoms. The normalized spacial score (nSPS) is 15.1. The second kappa shape index (κ2) is 11.1. The van der Waals surface area contributed by atoms with Gasteiger partial charge < -0.3 is 24.2 Å². The molecule has 1 aliphatic heterocycles. The molecule has 0 spiro atoms. The molecule has 9 nitrogen and oxygen atoms in total. The van der Waals surface area contributed by atoms with E-state index in [2.05, 4.69) is 0 Å². The fourth-order valence-electron chi connectivity index (χ4n) is 4.56. The number of carbonyl (C=O) groups is 1. The Kier molecular flexibility index (Phi) is 7.91. The summed E-state index contributed by atoms with van der Waals surface area (Å²) in [7, 11) is 4.58. The number of methoxy groups -OCH3 is 3. The SMILES string of the molecule is CCN(CC)C(=O)C1=C(C)N=c2s/c(=C/c3ccc(O)c(OC)c3)c(=O)n2[C@@H]1c1cc(OC)ccc1OC. The number of thiazole rings is 1. The van der Waals surface area contributed by atoms with Crippen molar-refractivity contribution in [3.05, 3.63) is 78.5 Å². The molecule has 0 bridgehead atoms. The maximum Gasteiger partial charge on any atom is 0.271 e. The fourth-order valence-corrected chi connectivity index (χ4v) is 5.61. The molecular weight excluding hydrogens is 506 g/mol. The third-order valence-corrected chi connectivity index (χ3v) is 7.52. The van der Waals surface area contributed by atoms with E-state index >= 15 is 0 Å². The number of hydrogen-bond acceptors (Lipinski definition) is 8. The van der Waals surface area contributed by atoms with Crippen LogP contribution < -0.4 is 29.1 Å². The average Bonchev–Trinajstić information content (AvgIpc) is 3.22. The highest BCUT2D eigenvalue weighted by Gasteiger charge is 2.36. The van der Waals surface area contributed by atoms with Gasteiger partial charge in [-0.15, -0.1) is 0 Å². The van der Waals surface area contributed by atoms with Gasteiger partial charge in [0.2, 0.25) is 0 Å². The number of likely N-dealkylation sites (N-methyl/N-ethyl adjacent to an activating group) is 1.